The van der Waals surface area contributed by atoms with Crippen molar-refractivity contribution in [2.24, 2.45) is 0 Å². The highest BCUT2D eigenvalue weighted by atomic mass is 35.5. The van der Waals surface area contributed by atoms with Gasteiger partial charge in [0.15, 0.2) is 5.82 Å². The predicted molar refractivity (Wildman–Crippen MR) is 75.5 cm³/mol. The summed E-state index contributed by atoms with van der Waals surface area (Å²) in [6.07, 6.45) is 2.99. The Labute approximate surface area is 116 Å². The number of nitrogens with two attached hydrogens (primary N) is 1. The van der Waals surface area contributed by atoms with Crippen LogP contribution < -0.4 is 10.5 Å². The zero-order chi connectivity index (χ0) is 13.4. The monoisotopic (exact) mass is 275 g/mol. The molecule has 0 spiro atoms. The molecule has 0 saturated carbocycles. The van der Waals surface area contributed by atoms with Crippen molar-refractivity contribution in [2.75, 3.05) is 12.8 Å². The third-order valence-corrected chi connectivity index (χ3v) is 3.70. The van der Waals surface area contributed by atoms with Gasteiger partial charge in [-0.05, 0) is 31.4 Å². The Balaban J connectivity index is 2.21. The van der Waals surface area contributed by atoms with Crippen molar-refractivity contribution in [2.45, 2.75) is 19.3 Å². The topological polar surface area (TPSA) is 61.0 Å². The molecule has 0 atom stereocenters. The van der Waals surface area contributed by atoms with Crippen LogP contribution in [0.3, 0.4) is 0 Å². The summed E-state index contributed by atoms with van der Waals surface area (Å²) in [6, 6.07) is 5.47. The molecule has 1 aromatic heterocycles. The summed E-state index contributed by atoms with van der Waals surface area (Å²) < 4.78 is 5.33. The predicted octanol–water partition coefficient (Wildman–Crippen LogP) is 2.88. The normalized spacial score (nSPS) is 13.4. The summed E-state index contributed by atoms with van der Waals surface area (Å²) in [5.74, 6) is 1.75. The lowest BCUT2D eigenvalue weighted by Crippen LogP contribution is -2.03. The van der Waals surface area contributed by atoms with Crippen molar-refractivity contribution in [3.8, 4) is 17.1 Å². The molecule has 4 nitrogen and oxygen atoms in total. The molecule has 98 valence electrons. The highest BCUT2D eigenvalue weighted by Crippen LogP contribution is 2.36. The molecule has 0 aliphatic heterocycles. The molecule has 2 N–H and O–H groups in total. The maximum Gasteiger partial charge on any atom is 0.167 e. The lowest BCUT2D eigenvalue weighted by atomic mass is 10.1. The first-order valence-corrected chi connectivity index (χ1v) is 6.56. The number of ether oxygens (including phenoxy) is 1. The molecule has 0 unspecified atom stereocenters. The van der Waals surface area contributed by atoms with Gasteiger partial charge in [-0.15, -0.1) is 0 Å². The number of hydrogen-bond donors (Lipinski definition) is 1. The summed E-state index contributed by atoms with van der Waals surface area (Å²) in [5, 5.41) is 0.566. The minimum atomic E-state index is 0.542. The fourth-order valence-electron chi connectivity index (χ4n) is 2.46. The van der Waals surface area contributed by atoms with Crippen LogP contribution in [-0.2, 0) is 12.8 Å². The van der Waals surface area contributed by atoms with Gasteiger partial charge in [0.05, 0.1) is 17.7 Å². The third-order valence-electron chi connectivity index (χ3n) is 3.38. The number of rotatable bonds is 2. The number of anilines is 1. The van der Waals surface area contributed by atoms with Gasteiger partial charge in [0, 0.05) is 11.3 Å². The van der Waals surface area contributed by atoms with Gasteiger partial charge >= 0.3 is 0 Å². The zero-order valence-electron chi connectivity index (χ0n) is 10.6. The summed E-state index contributed by atoms with van der Waals surface area (Å²) >= 11 is 6.25. The molecule has 0 fully saturated rings. The van der Waals surface area contributed by atoms with Crippen LogP contribution in [-0.4, -0.2) is 17.1 Å². The van der Waals surface area contributed by atoms with E-state index in [2.05, 4.69) is 9.97 Å². The van der Waals surface area contributed by atoms with E-state index in [1.165, 1.54) is 0 Å². The Bertz CT molecular complexity index is 643. The van der Waals surface area contributed by atoms with Gasteiger partial charge in [0.1, 0.15) is 11.6 Å². The van der Waals surface area contributed by atoms with Crippen LogP contribution in [0.25, 0.3) is 11.4 Å². The van der Waals surface area contributed by atoms with Crippen LogP contribution in [0.4, 0.5) is 5.82 Å². The smallest absolute Gasteiger partial charge is 0.167 e. The van der Waals surface area contributed by atoms with Gasteiger partial charge in [-0.2, -0.15) is 0 Å². The maximum absolute atomic E-state index is 6.25. The second kappa shape index (κ2) is 4.70. The van der Waals surface area contributed by atoms with Crippen LogP contribution in [0, 0.1) is 0 Å². The van der Waals surface area contributed by atoms with E-state index in [0.717, 1.165) is 30.5 Å². The number of hydrogen-bond acceptors (Lipinski definition) is 4. The molecule has 0 radical (unpaired) electrons. The third kappa shape index (κ3) is 2.02. The average Bonchev–Trinajstić information content (AvgIpc) is 2.87. The summed E-state index contributed by atoms with van der Waals surface area (Å²) in [7, 11) is 1.60. The Morgan fingerprint density at radius 1 is 1.26 bits per heavy atom. The highest BCUT2D eigenvalue weighted by molar-refractivity contribution is 6.33. The number of aromatic nitrogens is 2. The molecule has 0 amide bonds. The molecule has 0 saturated heterocycles. The van der Waals surface area contributed by atoms with Crippen molar-refractivity contribution in [1.82, 2.24) is 9.97 Å². The quantitative estimate of drug-likeness (QED) is 0.915. The molecule has 0 bridgehead atoms. The van der Waals surface area contributed by atoms with Crippen LogP contribution in [0.15, 0.2) is 18.2 Å². The van der Waals surface area contributed by atoms with E-state index in [0.29, 0.717) is 28.0 Å². The van der Waals surface area contributed by atoms with E-state index >= 15 is 0 Å². The number of fused-ring (bicyclic) bond motifs is 1. The van der Waals surface area contributed by atoms with Crippen LogP contribution in [0.1, 0.15) is 17.7 Å². The standard InChI is InChI=1S/C14H14ClN3O/c1-19-11-7-3-5-9(15)12(11)14-17-10-6-2-4-8(10)13(16)18-14/h3,5,7H,2,4,6H2,1H3,(H2,16,17,18). The molecular weight excluding hydrogens is 262 g/mol. The first kappa shape index (κ1) is 12.2. The second-order valence-electron chi connectivity index (χ2n) is 4.53. The lowest BCUT2D eigenvalue weighted by molar-refractivity contribution is 0.416. The average molecular weight is 276 g/mol. The number of aryl methyl sites for hydroxylation is 1. The van der Waals surface area contributed by atoms with Crippen molar-refractivity contribution >= 4 is 17.4 Å². The lowest BCUT2D eigenvalue weighted by Gasteiger charge is -2.11. The van der Waals surface area contributed by atoms with E-state index in [4.69, 9.17) is 22.1 Å². The van der Waals surface area contributed by atoms with E-state index in [-0.39, 0.29) is 0 Å². The number of methoxy groups -OCH3 is 1. The number of halogens is 1. The second-order valence-corrected chi connectivity index (χ2v) is 4.94. The maximum atomic E-state index is 6.25. The first-order valence-electron chi connectivity index (χ1n) is 6.19. The fraction of sp³-hybridized carbons (Fsp3) is 0.286. The van der Waals surface area contributed by atoms with Gasteiger partial charge in [-0.25, -0.2) is 9.97 Å². The minimum Gasteiger partial charge on any atom is -0.496 e. The highest BCUT2D eigenvalue weighted by Gasteiger charge is 2.21. The van der Waals surface area contributed by atoms with E-state index in [1.807, 2.05) is 12.1 Å². The molecule has 1 heterocycles. The Morgan fingerprint density at radius 3 is 2.89 bits per heavy atom. The number of benzene rings is 1. The fourth-order valence-corrected chi connectivity index (χ4v) is 2.72. The van der Waals surface area contributed by atoms with Crippen molar-refractivity contribution in [1.29, 1.82) is 0 Å². The number of nitrogens with zero attached hydrogens (tertiary/aromatic N) is 2. The largest absolute Gasteiger partial charge is 0.496 e. The molecule has 1 aliphatic carbocycles. The Kier molecular flexibility index (Phi) is 3.03. The van der Waals surface area contributed by atoms with Gasteiger partial charge in [0.25, 0.3) is 0 Å². The van der Waals surface area contributed by atoms with Crippen LogP contribution in [0.2, 0.25) is 5.02 Å². The Hall–Kier alpha value is -1.81. The molecule has 1 aliphatic rings. The molecule has 19 heavy (non-hydrogen) atoms. The summed E-state index contributed by atoms with van der Waals surface area (Å²) in [5.41, 5.74) is 8.83. The van der Waals surface area contributed by atoms with Crippen molar-refractivity contribution in [3.63, 3.8) is 0 Å². The molecule has 5 heteroatoms. The van der Waals surface area contributed by atoms with E-state index in [1.54, 1.807) is 13.2 Å². The zero-order valence-corrected chi connectivity index (χ0v) is 11.4. The summed E-state index contributed by atoms with van der Waals surface area (Å²) in [6.45, 7) is 0. The van der Waals surface area contributed by atoms with E-state index in [9.17, 15) is 0 Å². The van der Waals surface area contributed by atoms with Gasteiger partial charge < -0.3 is 10.5 Å². The van der Waals surface area contributed by atoms with Gasteiger partial charge in [0.2, 0.25) is 0 Å². The SMILES string of the molecule is COc1cccc(Cl)c1-c1nc(N)c2c(n1)CCC2. The van der Waals surface area contributed by atoms with Crippen LogP contribution in [0.5, 0.6) is 5.75 Å². The van der Waals surface area contributed by atoms with Crippen molar-refractivity contribution < 1.29 is 4.74 Å². The molecular formula is C14H14ClN3O. The van der Waals surface area contributed by atoms with Crippen LogP contribution >= 0.6 is 11.6 Å². The first-order chi connectivity index (χ1) is 9.20. The van der Waals surface area contributed by atoms with Crippen molar-refractivity contribution in [3.05, 3.63) is 34.5 Å². The van der Waals surface area contributed by atoms with Gasteiger partial charge in [-0.1, -0.05) is 17.7 Å². The molecule has 1 aromatic carbocycles. The Morgan fingerprint density at radius 2 is 2.11 bits per heavy atom. The molecule has 3 rings (SSSR count). The molecule has 2 aromatic rings. The van der Waals surface area contributed by atoms with E-state index < -0.39 is 0 Å². The van der Waals surface area contributed by atoms with Gasteiger partial charge in [-0.3, -0.25) is 0 Å². The number of nitrogen functional groups attached to an aromatic ring is 1. The summed E-state index contributed by atoms with van der Waals surface area (Å²) in [4.78, 5) is 8.98. The minimum absolute atomic E-state index is 0.542.